The van der Waals surface area contributed by atoms with Crippen molar-refractivity contribution in [1.82, 2.24) is 19.7 Å². The van der Waals surface area contributed by atoms with E-state index in [9.17, 15) is 4.79 Å². The van der Waals surface area contributed by atoms with Crippen LogP contribution in [0.5, 0.6) is 0 Å². The monoisotopic (exact) mass is 335 g/mol. The van der Waals surface area contributed by atoms with Crippen molar-refractivity contribution < 1.29 is 4.79 Å². The molecule has 1 amide bonds. The zero-order valence-corrected chi connectivity index (χ0v) is 14.1. The summed E-state index contributed by atoms with van der Waals surface area (Å²) in [7, 11) is 0. The van der Waals surface area contributed by atoms with E-state index in [4.69, 9.17) is 0 Å². The summed E-state index contributed by atoms with van der Waals surface area (Å²) in [6.07, 6.45) is 9.23. The van der Waals surface area contributed by atoms with Crippen molar-refractivity contribution in [1.29, 1.82) is 0 Å². The first kappa shape index (κ1) is 15.6. The van der Waals surface area contributed by atoms with Crippen molar-refractivity contribution in [2.45, 2.75) is 25.8 Å². The average molecular weight is 335 g/mol. The summed E-state index contributed by atoms with van der Waals surface area (Å²) < 4.78 is 1.93. The lowest BCUT2D eigenvalue weighted by Crippen LogP contribution is -2.31. The Morgan fingerprint density at radius 3 is 2.88 bits per heavy atom. The van der Waals surface area contributed by atoms with Gasteiger partial charge in [-0.15, -0.1) is 0 Å². The van der Waals surface area contributed by atoms with Gasteiger partial charge in [0.05, 0.1) is 12.1 Å². The van der Waals surface area contributed by atoms with Gasteiger partial charge in [0, 0.05) is 37.2 Å². The molecule has 0 spiro atoms. The van der Waals surface area contributed by atoms with Crippen LogP contribution in [-0.4, -0.2) is 33.4 Å². The van der Waals surface area contributed by atoms with Crippen LogP contribution >= 0.6 is 0 Å². The number of anilines is 1. The standard InChI is InChI=1S/C19H21N5O/c25-19(15-12-16-6-2-5-11-24(16)14-15)21-13-17-20-8-7-18(22-17)23-9-3-1-4-10-23/h2,5-8,11-12,14H,1,3-4,9-10,13H2,(H,21,25). The molecule has 1 aliphatic rings. The third-order valence-corrected chi connectivity index (χ3v) is 4.54. The normalized spacial score (nSPS) is 14.6. The molecule has 0 saturated carbocycles. The van der Waals surface area contributed by atoms with Gasteiger partial charge in [0.25, 0.3) is 5.91 Å². The van der Waals surface area contributed by atoms with Crippen molar-refractivity contribution in [3.8, 4) is 0 Å². The maximum atomic E-state index is 12.4. The summed E-state index contributed by atoms with van der Waals surface area (Å²) in [5.41, 5.74) is 1.63. The Kier molecular flexibility index (Phi) is 4.33. The second kappa shape index (κ2) is 6.93. The van der Waals surface area contributed by atoms with E-state index in [2.05, 4.69) is 20.2 Å². The molecule has 4 heterocycles. The molecule has 0 atom stereocenters. The Labute approximate surface area is 146 Å². The van der Waals surface area contributed by atoms with Gasteiger partial charge in [0.2, 0.25) is 0 Å². The molecule has 0 aromatic carbocycles. The minimum Gasteiger partial charge on any atom is -0.357 e. The number of pyridine rings is 1. The van der Waals surface area contributed by atoms with Gasteiger partial charge in [-0.05, 0) is 43.5 Å². The van der Waals surface area contributed by atoms with Crippen LogP contribution in [0.15, 0.2) is 48.9 Å². The van der Waals surface area contributed by atoms with Gasteiger partial charge in [0.1, 0.15) is 11.6 Å². The number of hydrogen-bond donors (Lipinski definition) is 1. The quantitative estimate of drug-likeness (QED) is 0.796. The third kappa shape index (κ3) is 3.47. The maximum absolute atomic E-state index is 12.4. The fraction of sp³-hybridized carbons (Fsp3) is 0.316. The fourth-order valence-electron chi connectivity index (χ4n) is 3.21. The molecule has 1 fully saturated rings. The molecule has 25 heavy (non-hydrogen) atoms. The van der Waals surface area contributed by atoms with Gasteiger partial charge in [-0.2, -0.15) is 0 Å². The summed E-state index contributed by atoms with van der Waals surface area (Å²) >= 11 is 0. The van der Waals surface area contributed by atoms with Gasteiger partial charge in [-0.1, -0.05) is 6.07 Å². The molecule has 1 N–H and O–H groups in total. The van der Waals surface area contributed by atoms with Gasteiger partial charge in [0.15, 0.2) is 0 Å². The maximum Gasteiger partial charge on any atom is 0.253 e. The number of fused-ring (bicyclic) bond motifs is 1. The van der Waals surface area contributed by atoms with Crippen LogP contribution in [0.4, 0.5) is 5.82 Å². The molecule has 1 aliphatic heterocycles. The number of nitrogens with zero attached hydrogens (tertiary/aromatic N) is 4. The Bertz CT molecular complexity index is 849. The lowest BCUT2D eigenvalue weighted by Gasteiger charge is -2.27. The first-order valence-corrected chi connectivity index (χ1v) is 8.71. The van der Waals surface area contributed by atoms with E-state index in [0.717, 1.165) is 24.4 Å². The Hall–Kier alpha value is -2.89. The minimum absolute atomic E-state index is 0.115. The summed E-state index contributed by atoms with van der Waals surface area (Å²) in [4.78, 5) is 23.6. The number of carbonyl (C=O) groups is 1. The number of hydrogen-bond acceptors (Lipinski definition) is 4. The van der Waals surface area contributed by atoms with Crippen LogP contribution < -0.4 is 10.2 Å². The van der Waals surface area contributed by atoms with Gasteiger partial charge >= 0.3 is 0 Å². The molecule has 3 aromatic rings. The van der Waals surface area contributed by atoms with E-state index in [1.807, 2.05) is 47.1 Å². The second-order valence-corrected chi connectivity index (χ2v) is 6.32. The molecule has 0 unspecified atom stereocenters. The van der Waals surface area contributed by atoms with Crippen LogP contribution in [0, 0.1) is 0 Å². The molecule has 6 heteroatoms. The predicted molar refractivity (Wildman–Crippen MR) is 96.7 cm³/mol. The van der Waals surface area contributed by atoms with Gasteiger partial charge in [-0.3, -0.25) is 4.79 Å². The van der Waals surface area contributed by atoms with Crippen LogP contribution in [0.25, 0.3) is 5.52 Å². The molecule has 0 radical (unpaired) electrons. The highest BCUT2D eigenvalue weighted by Gasteiger charge is 2.13. The largest absolute Gasteiger partial charge is 0.357 e. The lowest BCUT2D eigenvalue weighted by molar-refractivity contribution is 0.0950. The van der Waals surface area contributed by atoms with Crippen LogP contribution in [-0.2, 0) is 6.54 Å². The number of piperidine rings is 1. The first-order valence-electron chi connectivity index (χ1n) is 8.71. The molecule has 0 bridgehead atoms. The van der Waals surface area contributed by atoms with Gasteiger partial charge in [-0.25, -0.2) is 9.97 Å². The topological polar surface area (TPSA) is 62.5 Å². The van der Waals surface area contributed by atoms with Crippen molar-refractivity contribution in [3.63, 3.8) is 0 Å². The number of nitrogens with one attached hydrogen (secondary N) is 1. The van der Waals surface area contributed by atoms with Crippen molar-refractivity contribution in [2.75, 3.05) is 18.0 Å². The SMILES string of the molecule is O=C(NCc1nccc(N2CCCCC2)n1)c1cc2ccccn2c1. The molecular weight excluding hydrogens is 314 g/mol. The van der Waals surface area contributed by atoms with Crippen LogP contribution in [0.2, 0.25) is 0 Å². The van der Waals surface area contributed by atoms with Crippen LogP contribution in [0.3, 0.4) is 0 Å². The summed E-state index contributed by atoms with van der Waals surface area (Å²) in [6.45, 7) is 2.41. The first-order chi connectivity index (χ1) is 12.3. The molecule has 1 saturated heterocycles. The van der Waals surface area contributed by atoms with E-state index in [1.54, 1.807) is 6.20 Å². The van der Waals surface area contributed by atoms with Crippen molar-refractivity contribution in [2.24, 2.45) is 0 Å². The Morgan fingerprint density at radius 1 is 1.16 bits per heavy atom. The highest BCUT2D eigenvalue weighted by molar-refractivity contribution is 5.95. The zero-order chi connectivity index (χ0) is 17.1. The van der Waals surface area contributed by atoms with E-state index >= 15 is 0 Å². The molecular formula is C19H21N5O. The van der Waals surface area contributed by atoms with E-state index in [-0.39, 0.29) is 5.91 Å². The molecule has 128 valence electrons. The summed E-state index contributed by atoms with van der Waals surface area (Å²) in [5, 5.41) is 2.91. The van der Waals surface area contributed by atoms with Crippen LogP contribution in [0.1, 0.15) is 35.4 Å². The summed E-state index contributed by atoms with van der Waals surface area (Å²) in [5.74, 6) is 1.48. The van der Waals surface area contributed by atoms with Crippen molar-refractivity contribution >= 4 is 17.2 Å². The second-order valence-electron chi connectivity index (χ2n) is 6.32. The van der Waals surface area contributed by atoms with Gasteiger partial charge < -0.3 is 14.6 Å². The predicted octanol–water partition coefficient (Wildman–Crippen LogP) is 2.65. The van der Waals surface area contributed by atoms with E-state index in [1.165, 1.54) is 19.3 Å². The number of carbonyl (C=O) groups excluding carboxylic acids is 1. The Balaban J connectivity index is 1.42. The summed E-state index contributed by atoms with van der Waals surface area (Å²) in [6, 6.07) is 9.69. The lowest BCUT2D eigenvalue weighted by atomic mass is 10.1. The van der Waals surface area contributed by atoms with E-state index in [0.29, 0.717) is 17.9 Å². The number of aromatic nitrogens is 3. The molecule has 3 aromatic heterocycles. The zero-order valence-electron chi connectivity index (χ0n) is 14.1. The molecule has 6 nitrogen and oxygen atoms in total. The van der Waals surface area contributed by atoms with Crippen molar-refractivity contribution in [3.05, 3.63) is 60.3 Å². The number of amides is 1. The third-order valence-electron chi connectivity index (χ3n) is 4.54. The highest BCUT2D eigenvalue weighted by Crippen LogP contribution is 2.17. The number of rotatable bonds is 4. The van der Waals surface area contributed by atoms with E-state index < -0.39 is 0 Å². The smallest absolute Gasteiger partial charge is 0.253 e. The minimum atomic E-state index is -0.115. The highest BCUT2D eigenvalue weighted by atomic mass is 16.1. The molecule has 0 aliphatic carbocycles. The fourth-order valence-corrected chi connectivity index (χ4v) is 3.21. The molecule has 4 rings (SSSR count). The average Bonchev–Trinajstić information content (AvgIpc) is 3.11. The Morgan fingerprint density at radius 2 is 2.04 bits per heavy atom.